The molecule has 0 radical (unpaired) electrons. The lowest BCUT2D eigenvalue weighted by Crippen LogP contribution is -2.13. The number of alkyl halides is 1. The van der Waals surface area contributed by atoms with E-state index >= 15 is 0 Å². The fourth-order valence-electron chi connectivity index (χ4n) is 1.37. The predicted molar refractivity (Wildman–Crippen MR) is 54.7 cm³/mol. The van der Waals surface area contributed by atoms with Crippen molar-refractivity contribution in [2.75, 3.05) is 0 Å². The Bertz CT molecular complexity index is 258. The second-order valence-electron chi connectivity index (χ2n) is 4.04. The smallest absolute Gasteiger partial charge is 0.0477 e. The molecular weight excluding hydrogens is 168 g/mol. The Morgan fingerprint density at radius 2 is 1.75 bits per heavy atom. The van der Waals surface area contributed by atoms with Crippen LogP contribution in [0.1, 0.15) is 31.9 Å². The minimum Gasteiger partial charge on any atom is -0.122 e. The van der Waals surface area contributed by atoms with E-state index in [2.05, 4.69) is 39.0 Å². The Hall–Kier alpha value is -0.490. The van der Waals surface area contributed by atoms with Crippen LogP contribution in [0.2, 0.25) is 0 Å². The van der Waals surface area contributed by atoms with Crippen LogP contribution in [0, 0.1) is 0 Å². The maximum absolute atomic E-state index is 5.84. The molecule has 0 aliphatic heterocycles. The predicted octanol–water partition coefficient (Wildman–Crippen LogP) is 3.72. The molecule has 0 spiro atoms. The molecule has 0 aromatic heterocycles. The van der Waals surface area contributed by atoms with Crippen molar-refractivity contribution in [3.05, 3.63) is 35.4 Å². The second-order valence-corrected chi connectivity index (χ2v) is 4.31. The fraction of sp³-hybridized carbons (Fsp3) is 0.455. The van der Waals surface area contributed by atoms with Crippen LogP contribution in [0.25, 0.3) is 0 Å². The third-order valence-electron chi connectivity index (χ3n) is 1.97. The number of benzene rings is 1. The van der Waals surface area contributed by atoms with Crippen LogP contribution in [0.15, 0.2) is 24.3 Å². The van der Waals surface area contributed by atoms with Gasteiger partial charge in [0.2, 0.25) is 0 Å². The highest BCUT2D eigenvalue weighted by molar-refractivity contribution is 6.17. The lowest BCUT2D eigenvalue weighted by Gasteiger charge is -2.21. The molecule has 0 nitrogen and oxygen atoms in total. The maximum atomic E-state index is 5.84. The number of halogens is 1. The molecule has 1 heteroatoms. The third kappa shape index (κ3) is 2.01. The maximum Gasteiger partial charge on any atom is 0.0477 e. The van der Waals surface area contributed by atoms with Gasteiger partial charge in [0.1, 0.15) is 0 Å². The molecular formula is C11H15Cl. The minimum absolute atomic E-state index is 0.200. The van der Waals surface area contributed by atoms with Gasteiger partial charge in [-0.1, -0.05) is 45.0 Å². The lowest BCUT2D eigenvalue weighted by molar-refractivity contribution is 0.585. The second kappa shape index (κ2) is 3.49. The molecule has 0 N–H and O–H groups in total. The van der Waals surface area contributed by atoms with Crippen LogP contribution in [0.5, 0.6) is 0 Å². The van der Waals surface area contributed by atoms with E-state index in [4.69, 9.17) is 11.6 Å². The van der Waals surface area contributed by atoms with Gasteiger partial charge in [-0.2, -0.15) is 0 Å². The monoisotopic (exact) mass is 182 g/mol. The molecule has 1 rings (SSSR count). The summed E-state index contributed by atoms with van der Waals surface area (Å²) in [5, 5.41) is 0. The third-order valence-corrected chi connectivity index (χ3v) is 2.26. The molecule has 0 aliphatic carbocycles. The zero-order valence-corrected chi connectivity index (χ0v) is 8.65. The first-order valence-corrected chi connectivity index (χ1v) is 4.73. The Morgan fingerprint density at radius 3 is 2.17 bits per heavy atom. The van der Waals surface area contributed by atoms with E-state index < -0.39 is 0 Å². The van der Waals surface area contributed by atoms with Gasteiger partial charge in [0.05, 0.1) is 0 Å². The highest BCUT2D eigenvalue weighted by atomic mass is 35.5. The van der Waals surface area contributed by atoms with Gasteiger partial charge in [-0.05, 0) is 16.5 Å². The molecule has 66 valence electrons. The molecule has 1 aromatic carbocycles. The average Bonchev–Trinajstić information content (AvgIpc) is 2.03. The van der Waals surface area contributed by atoms with Crippen LogP contribution in [0.4, 0.5) is 0 Å². The molecule has 1 aromatic rings. The van der Waals surface area contributed by atoms with Gasteiger partial charge in [-0.15, -0.1) is 11.6 Å². The molecule has 12 heavy (non-hydrogen) atoms. The van der Waals surface area contributed by atoms with E-state index in [1.54, 1.807) is 0 Å². The molecule has 0 saturated carbocycles. The summed E-state index contributed by atoms with van der Waals surface area (Å²) in [6.07, 6.45) is 0. The number of hydrogen-bond acceptors (Lipinski definition) is 0. The van der Waals surface area contributed by atoms with Crippen molar-refractivity contribution in [3.8, 4) is 0 Å². The van der Waals surface area contributed by atoms with Crippen LogP contribution >= 0.6 is 11.6 Å². The summed E-state index contributed by atoms with van der Waals surface area (Å²) in [4.78, 5) is 0. The van der Waals surface area contributed by atoms with Gasteiger partial charge in [-0.3, -0.25) is 0 Å². The van der Waals surface area contributed by atoms with Crippen molar-refractivity contribution in [1.29, 1.82) is 0 Å². The summed E-state index contributed by atoms with van der Waals surface area (Å²) in [5.74, 6) is 0.605. The highest BCUT2D eigenvalue weighted by Gasteiger charge is 2.16. The molecule has 0 atom stereocenters. The first kappa shape index (κ1) is 9.60. The largest absolute Gasteiger partial charge is 0.122 e. The van der Waals surface area contributed by atoms with Crippen LogP contribution in [-0.4, -0.2) is 0 Å². The van der Waals surface area contributed by atoms with Crippen LogP contribution < -0.4 is 0 Å². The average molecular weight is 183 g/mol. The van der Waals surface area contributed by atoms with Gasteiger partial charge in [-0.25, -0.2) is 0 Å². The minimum atomic E-state index is 0.200. The van der Waals surface area contributed by atoms with Gasteiger partial charge >= 0.3 is 0 Å². The lowest BCUT2D eigenvalue weighted by atomic mass is 9.84. The topological polar surface area (TPSA) is 0 Å². The van der Waals surface area contributed by atoms with Crippen molar-refractivity contribution >= 4 is 11.6 Å². The molecule has 0 amide bonds. The Labute approximate surface area is 79.6 Å². The van der Waals surface area contributed by atoms with E-state index in [0.29, 0.717) is 5.88 Å². The van der Waals surface area contributed by atoms with Gasteiger partial charge in [0.15, 0.2) is 0 Å². The highest BCUT2D eigenvalue weighted by Crippen LogP contribution is 2.26. The van der Waals surface area contributed by atoms with E-state index in [9.17, 15) is 0 Å². The summed E-state index contributed by atoms with van der Waals surface area (Å²) in [6, 6.07) is 8.34. The normalized spacial score (nSPS) is 11.7. The summed E-state index contributed by atoms with van der Waals surface area (Å²) >= 11 is 5.84. The van der Waals surface area contributed by atoms with E-state index in [0.717, 1.165) is 0 Å². The Kier molecular flexibility index (Phi) is 2.79. The zero-order valence-electron chi connectivity index (χ0n) is 7.89. The number of rotatable bonds is 1. The first-order chi connectivity index (χ1) is 5.55. The summed E-state index contributed by atoms with van der Waals surface area (Å²) in [5.41, 5.74) is 2.79. The quantitative estimate of drug-likeness (QED) is 0.581. The fourth-order valence-corrected chi connectivity index (χ4v) is 1.60. The Balaban J connectivity index is 3.14. The van der Waals surface area contributed by atoms with Crippen molar-refractivity contribution in [1.82, 2.24) is 0 Å². The summed E-state index contributed by atoms with van der Waals surface area (Å²) < 4.78 is 0. The van der Waals surface area contributed by atoms with Gasteiger partial charge in [0.25, 0.3) is 0 Å². The van der Waals surface area contributed by atoms with Crippen molar-refractivity contribution in [2.45, 2.75) is 32.1 Å². The molecule has 0 bridgehead atoms. The van der Waals surface area contributed by atoms with E-state index in [-0.39, 0.29) is 5.41 Å². The zero-order chi connectivity index (χ0) is 9.19. The molecule has 0 aliphatic rings. The Morgan fingerprint density at radius 1 is 1.17 bits per heavy atom. The van der Waals surface area contributed by atoms with Crippen molar-refractivity contribution in [3.63, 3.8) is 0 Å². The van der Waals surface area contributed by atoms with E-state index in [1.807, 2.05) is 6.07 Å². The van der Waals surface area contributed by atoms with Gasteiger partial charge in [0, 0.05) is 5.88 Å². The van der Waals surface area contributed by atoms with Crippen molar-refractivity contribution in [2.24, 2.45) is 0 Å². The summed E-state index contributed by atoms with van der Waals surface area (Å²) in [7, 11) is 0. The molecule has 0 unspecified atom stereocenters. The van der Waals surface area contributed by atoms with Gasteiger partial charge < -0.3 is 0 Å². The molecule has 0 saturated heterocycles. The van der Waals surface area contributed by atoms with Crippen LogP contribution in [-0.2, 0) is 11.3 Å². The molecule has 0 fully saturated rings. The summed E-state index contributed by atoms with van der Waals surface area (Å²) in [6.45, 7) is 6.62. The standard InChI is InChI=1S/C11H15Cl/c1-11(2,3)10-7-5-4-6-9(10)8-12/h4-7H,8H2,1-3H3. The van der Waals surface area contributed by atoms with E-state index in [1.165, 1.54) is 11.1 Å². The molecule has 0 heterocycles. The SMILES string of the molecule is CC(C)(C)c1ccccc1CCl. The van der Waals surface area contributed by atoms with Crippen molar-refractivity contribution < 1.29 is 0 Å². The van der Waals surface area contributed by atoms with Crippen LogP contribution in [0.3, 0.4) is 0 Å². The first-order valence-electron chi connectivity index (χ1n) is 4.20. The number of hydrogen-bond donors (Lipinski definition) is 0.